The van der Waals surface area contributed by atoms with Gasteiger partial charge >= 0.3 is 0 Å². The van der Waals surface area contributed by atoms with Gasteiger partial charge < -0.3 is 10.2 Å². The van der Waals surface area contributed by atoms with Crippen molar-refractivity contribution in [1.29, 1.82) is 0 Å². The van der Waals surface area contributed by atoms with Crippen molar-refractivity contribution in [2.75, 3.05) is 0 Å². The number of nitrogens with zero attached hydrogens (tertiary/aromatic N) is 2. The molecule has 8 heteroatoms. The van der Waals surface area contributed by atoms with E-state index in [2.05, 4.69) is 4.98 Å². The number of thiazole rings is 1. The Bertz CT molecular complexity index is 1200. The van der Waals surface area contributed by atoms with E-state index in [-0.39, 0.29) is 11.3 Å². The quantitative estimate of drug-likeness (QED) is 0.464. The van der Waals surface area contributed by atoms with E-state index in [0.29, 0.717) is 21.2 Å². The fourth-order valence-corrected chi connectivity index (χ4v) is 4.22. The van der Waals surface area contributed by atoms with Crippen molar-refractivity contribution < 1.29 is 19.4 Å². The third-order valence-corrected chi connectivity index (χ3v) is 5.45. The van der Waals surface area contributed by atoms with Crippen molar-refractivity contribution in [3.8, 4) is 28.0 Å². The predicted molar refractivity (Wildman–Crippen MR) is 103 cm³/mol. The number of carbonyl (C=O) groups excluding carboxylic acids is 1. The lowest BCUT2D eigenvalue weighted by atomic mass is 10.0. The summed E-state index contributed by atoms with van der Waals surface area (Å²) < 4.78 is 15.4. The van der Waals surface area contributed by atoms with Gasteiger partial charge in [-0.25, -0.2) is 9.37 Å². The molecule has 0 unspecified atom stereocenters. The van der Waals surface area contributed by atoms with Crippen LogP contribution < -0.4 is 0 Å². The van der Waals surface area contributed by atoms with Gasteiger partial charge in [-0.1, -0.05) is 29.0 Å². The molecule has 0 aliphatic heterocycles. The second-order valence-electron chi connectivity index (χ2n) is 5.88. The van der Waals surface area contributed by atoms with E-state index >= 15 is 0 Å². The highest BCUT2D eigenvalue weighted by Gasteiger charge is 2.28. The van der Waals surface area contributed by atoms with Gasteiger partial charge in [0.1, 0.15) is 11.3 Å². The molecule has 0 radical (unpaired) electrons. The molecule has 0 spiro atoms. The second-order valence-corrected chi connectivity index (χ2v) is 7.29. The summed E-state index contributed by atoms with van der Waals surface area (Å²) in [6, 6.07) is 10.7. The molecule has 0 atom stereocenters. The Morgan fingerprint density at radius 3 is 2.52 bits per heavy atom. The number of aromatic hydroxyl groups is 2. The molecule has 0 bridgehead atoms. The van der Waals surface area contributed by atoms with E-state index in [1.54, 1.807) is 12.1 Å². The fourth-order valence-electron chi connectivity index (χ4n) is 2.95. The number of Topliss-reactive ketones (excluding diaryl/α,β-unsaturated/α-hetero) is 1. The van der Waals surface area contributed by atoms with Gasteiger partial charge in [-0.05, 0) is 48.9 Å². The lowest BCUT2D eigenvalue weighted by molar-refractivity contribution is 0.101. The molecule has 2 heterocycles. The Morgan fingerprint density at radius 1 is 1.19 bits per heavy atom. The van der Waals surface area contributed by atoms with Gasteiger partial charge in [-0.15, -0.1) is 0 Å². The number of ketones is 1. The third-order valence-electron chi connectivity index (χ3n) is 4.14. The number of hydrogen-bond acceptors (Lipinski definition) is 5. The summed E-state index contributed by atoms with van der Waals surface area (Å²) in [4.78, 5) is 16.6. The number of rotatable bonds is 3. The van der Waals surface area contributed by atoms with E-state index in [0.717, 1.165) is 4.70 Å². The lowest BCUT2D eigenvalue weighted by Crippen LogP contribution is -2.00. The monoisotopic (exact) mass is 402 g/mol. The Morgan fingerprint density at radius 2 is 1.89 bits per heavy atom. The summed E-state index contributed by atoms with van der Waals surface area (Å²) in [5, 5.41) is 21.7. The van der Waals surface area contributed by atoms with E-state index in [1.807, 2.05) is 6.07 Å². The maximum atomic E-state index is 13.4. The van der Waals surface area contributed by atoms with Crippen molar-refractivity contribution >= 4 is 38.9 Å². The summed E-state index contributed by atoms with van der Waals surface area (Å²) in [6.07, 6.45) is 0. The van der Waals surface area contributed by atoms with Crippen LogP contribution in [0, 0.1) is 5.82 Å². The van der Waals surface area contributed by atoms with Gasteiger partial charge in [0.25, 0.3) is 0 Å². The number of fused-ring (bicyclic) bond motifs is 1. The first-order valence-corrected chi connectivity index (χ1v) is 9.07. The SMILES string of the molecule is CC(=O)c1c(O)c(O)n(-c2nc3c(Cl)cccc3s2)c1-c1ccc(F)cc1. The minimum Gasteiger partial charge on any atom is -0.503 e. The Balaban J connectivity index is 2.07. The largest absolute Gasteiger partial charge is 0.503 e. The maximum Gasteiger partial charge on any atom is 0.242 e. The number of halogens is 2. The molecule has 0 saturated heterocycles. The summed E-state index contributed by atoms with van der Waals surface area (Å²) in [6.45, 7) is 1.28. The molecule has 2 N–H and O–H groups in total. The first kappa shape index (κ1) is 17.5. The molecule has 0 amide bonds. The summed E-state index contributed by atoms with van der Waals surface area (Å²) in [5.41, 5.74) is 1.15. The van der Waals surface area contributed by atoms with Gasteiger partial charge in [0.2, 0.25) is 5.88 Å². The molecular weight excluding hydrogens is 391 g/mol. The molecule has 4 rings (SSSR count). The highest BCUT2D eigenvalue weighted by Crippen LogP contribution is 2.44. The normalized spacial score (nSPS) is 11.2. The Hall–Kier alpha value is -2.90. The number of benzene rings is 2. The molecule has 2 aromatic heterocycles. The van der Waals surface area contributed by atoms with Crippen molar-refractivity contribution in [3.63, 3.8) is 0 Å². The zero-order valence-electron chi connectivity index (χ0n) is 13.9. The summed E-state index contributed by atoms with van der Waals surface area (Å²) in [5.74, 6) is -1.96. The number of carbonyl (C=O) groups is 1. The fraction of sp³-hybridized carbons (Fsp3) is 0.0526. The van der Waals surface area contributed by atoms with Crippen molar-refractivity contribution in [1.82, 2.24) is 9.55 Å². The Labute approximate surface area is 161 Å². The Kier molecular flexibility index (Phi) is 4.13. The van der Waals surface area contributed by atoms with Crippen molar-refractivity contribution in [3.05, 3.63) is 58.9 Å². The van der Waals surface area contributed by atoms with E-state index in [9.17, 15) is 19.4 Å². The van der Waals surface area contributed by atoms with Crippen LogP contribution in [-0.2, 0) is 0 Å². The second kappa shape index (κ2) is 6.37. The van der Waals surface area contributed by atoms with Crippen LogP contribution in [0.3, 0.4) is 0 Å². The summed E-state index contributed by atoms with van der Waals surface area (Å²) >= 11 is 7.42. The van der Waals surface area contributed by atoms with Crippen LogP contribution in [0.4, 0.5) is 4.39 Å². The van der Waals surface area contributed by atoms with Gasteiger partial charge in [0, 0.05) is 0 Å². The van der Waals surface area contributed by atoms with Gasteiger partial charge in [0.05, 0.1) is 21.0 Å². The topological polar surface area (TPSA) is 75.3 Å². The molecular formula is C19H12ClFN2O3S. The smallest absolute Gasteiger partial charge is 0.242 e. The minimum atomic E-state index is -0.549. The van der Waals surface area contributed by atoms with Gasteiger partial charge in [-0.3, -0.25) is 9.36 Å². The average molecular weight is 403 g/mol. The van der Waals surface area contributed by atoms with Crippen LogP contribution in [0.2, 0.25) is 5.02 Å². The number of para-hydroxylation sites is 1. The van der Waals surface area contributed by atoms with Crippen LogP contribution in [0.25, 0.3) is 26.6 Å². The average Bonchev–Trinajstić information content (AvgIpc) is 3.16. The highest BCUT2D eigenvalue weighted by atomic mass is 35.5. The van der Waals surface area contributed by atoms with Crippen molar-refractivity contribution in [2.24, 2.45) is 0 Å². The number of hydrogen-bond donors (Lipinski definition) is 2. The third kappa shape index (κ3) is 2.75. The molecule has 27 heavy (non-hydrogen) atoms. The molecule has 0 fully saturated rings. The number of aromatic nitrogens is 2. The van der Waals surface area contributed by atoms with Crippen LogP contribution in [-0.4, -0.2) is 25.5 Å². The molecule has 0 aliphatic rings. The minimum absolute atomic E-state index is 0.0653. The standard InChI is InChI=1S/C19H12ClFN2O3S/c1-9(24)14-16(10-5-7-11(21)8-6-10)23(18(26)17(14)25)19-22-15-12(20)3-2-4-13(15)27-19/h2-8,25-26H,1H3. The summed E-state index contributed by atoms with van der Waals surface area (Å²) in [7, 11) is 0. The zero-order chi connectivity index (χ0) is 19.3. The highest BCUT2D eigenvalue weighted by molar-refractivity contribution is 7.21. The zero-order valence-corrected chi connectivity index (χ0v) is 15.5. The van der Waals surface area contributed by atoms with Crippen molar-refractivity contribution in [2.45, 2.75) is 6.92 Å². The van der Waals surface area contributed by atoms with Crippen LogP contribution >= 0.6 is 22.9 Å². The van der Waals surface area contributed by atoms with Crippen LogP contribution in [0.5, 0.6) is 11.6 Å². The molecule has 136 valence electrons. The van der Waals surface area contributed by atoms with E-state index in [1.165, 1.54) is 47.1 Å². The lowest BCUT2D eigenvalue weighted by Gasteiger charge is -2.08. The van der Waals surface area contributed by atoms with Gasteiger partial charge in [-0.2, -0.15) is 0 Å². The molecule has 0 aliphatic carbocycles. The molecule has 4 aromatic rings. The first-order chi connectivity index (χ1) is 12.9. The maximum absolute atomic E-state index is 13.4. The van der Waals surface area contributed by atoms with E-state index in [4.69, 9.17) is 11.6 Å². The predicted octanol–water partition coefficient (Wildman–Crippen LogP) is 5.16. The van der Waals surface area contributed by atoms with Crippen LogP contribution in [0.1, 0.15) is 17.3 Å². The molecule has 2 aromatic carbocycles. The van der Waals surface area contributed by atoms with Gasteiger partial charge in [0.15, 0.2) is 16.7 Å². The van der Waals surface area contributed by atoms with E-state index < -0.39 is 23.2 Å². The first-order valence-electron chi connectivity index (χ1n) is 7.87. The van der Waals surface area contributed by atoms with Crippen LogP contribution in [0.15, 0.2) is 42.5 Å². The molecule has 5 nitrogen and oxygen atoms in total. The molecule has 0 saturated carbocycles.